The lowest BCUT2D eigenvalue weighted by atomic mass is 10.3. The van der Waals surface area contributed by atoms with E-state index in [4.69, 9.17) is 16.3 Å². The second kappa shape index (κ2) is 4.14. The highest BCUT2D eigenvalue weighted by Crippen LogP contribution is 2.46. The highest BCUT2D eigenvalue weighted by atomic mass is 35.5. The number of esters is 1. The Bertz CT molecular complexity index is 366. The molecule has 2 rings (SSSR count). The molecule has 4 nitrogen and oxygen atoms in total. The Kier molecular flexibility index (Phi) is 2.86. The van der Waals surface area contributed by atoms with Gasteiger partial charge in [-0.2, -0.15) is 0 Å². The van der Waals surface area contributed by atoms with Gasteiger partial charge in [-0.1, -0.05) is 11.6 Å². The molecule has 0 radical (unpaired) electrons. The van der Waals surface area contributed by atoms with Crippen molar-refractivity contribution in [2.45, 2.75) is 19.3 Å². The van der Waals surface area contributed by atoms with E-state index < -0.39 is 0 Å². The molecule has 1 aliphatic rings. The molecule has 1 saturated carbocycles. The minimum absolute atomic E-state index is 0.0638. The highest BCUT2D eigenvalue weighted by Gasteiger charge is 2.47. The summed E-state index contributed by atoms with van der Waals surface area (Å²) in [5.41, 5.74) is 0. The van der Waals surface area contributed by atoms with Crippen LogP contribution in [0.15, 0.2) is 12.4 Å². The monoisotopic (exact) mass is 226 g/mol. The van der Waals surface area contributed by atoms with Crippen molar-refractivity contribution in [3.8, 4) is 0 Å². The van der Waals surface area contributed by atoms with Gasteiger partial charge in [0.25, 0.3) is 0 Å². The Labute approximate surface area is 92.6 Å². The summed E-state index contributed by atoms with van der Waals surface area (Å²) >= 11 is 5.67. The lowest BCUT2D eigenvalue weighted by Gasteiger charge is -2.00. The van der Waals surface area contributed by atoms with Crippen LogP contribution in [-0.4, -0.2) is 22.5 Å². The molecule has 0 saturated heterocycles. The van der Waals surface area contributed by atoms with Crippen LogP contribution in [0.2, 0.25) is 5.02 Å². The first kappa shape index (κ1) is 10.4. The summed E-state index contributed by atoms with van der Waals surface area (Å²) in [5, 5.41) is 0.507. The van der Waals surface area contributed by atoms with Crippen LogP contribution in [0.25, 0.3) is 0 Å². The summed E-state index contributed by atoms with van der Waals surface area (Å²) in [4.78, 5) is 19.5. The SMILES string of the molecule is CCOC(=O)[C@@H]1C[C@H]1c1ncc(Cl)cn1. The zero-order valence-electron chi connectivity index (χ0n) is 8.31. The molecular formula is C10H11ClN2O2. The normalized spacial score (nSPS) is 23.6. The number of ether oxygens (including phenoxy) is 1. The van der Waals surface area contributed by atoms with Crippen molar-refractivity contribution in [1.82, 2.24) is 9.97 Å². The van der Waals surface area contributed by atoms with Gasteiger partial charge in [0.05, 0.1) is 17.5 Å². The van der Waals surface area contributed by atoms with Crippen molar-refractivity contribution in [2.24, 2.45) is 5.92 Å². The molecule has 1 aliphatic carbocycles. The predicted octanol–water partition coefficient (Wildman–Crippen LogP) is 1.80. The van der Waals surface area contributed by atoms with Crippen LogP contribution in [0.1, 0.15) is 25.1 Å². The largest absolute Gasteiger partial charge is 0.466 e. The topological polar surface area (TPSA) is 52.1 Å². The molecule has 15 heavy (non-hydrogen) atoms. The van der Waals surface area contributed by atoms with E-state index >= 15 is 0 Å². The van der Waals surface area contributed by atoms with E-state index in [9.17, 15) is 4.79 Å². The summed E-state index contributed by atoms with van der Waals surface area (Å²) in [6.07, 6.45) is 3.87. The van der Waals surface area contributed by atoms with Gasteiger partial charge in [0.1, 0.15) is 5.82 Å². The van der Waals surface area contributed by atoms with E-state index in [0.717, 1.165) is 6.42 Å². The molecule has 5 heteroatoms. The minimum atomic E-state index is -0.152. The van der Waals surface area contributed by atoms with Gasteiger partial charge in [-0.3, -0.25) is 4.79 Å². The fourth-order valence-electron chi connectivity index (χ4n) is 1.50. The molecule has 0 unspecified atom stereocenters. The van der Waals surface area contributed by atoms with Crippen LogP contribution in [0.4, 0.5) is 0 Å². The molecule has 0 aliphatic heterocycles. The quantitative estimate of drug-likeness (QED) is 0.738. The average Bonchev–Trinajstić information content (AvgIpc) is 2.99. The summed E-state index contributed by atoms with van der Waals surface area (Å²) in [7, 11) is 0. The Morgan fingerprint density at radius 2 is 2.27 bits per heavy atom. The molecule has 1 aromatic rings. The Balaban J connectivity index is 1.98. The van der Waals surface area contributed by atoms with E-state index in [2.05, 4.69) is 9.97 Å². The van der Waals surface area contributed by atoms with E-state index in [1.54, 1.807) is 19.3 Å². The van der Waals surface area contributed by atoms with Gasteiger partial charge in [-0.05, 0) is 13.3 Å². The number of carbonyl (C=O) groups excluding carboxylic acids is 1. The van der Waals surface area contributed by atoms with Crippen LogP contribution in [0.3, 0.4) is 0 Å². The van der Waals surface area contributed by atoms with Crippen LogP contribution in [0.5, 0.6) is 0 Å². The number of nitrogens with zero attached hydrogens (tertiary/aromatic N) is 2. The minimum Gasteiger partial charge on any atom is -0.466 e. The van der Waals surface area contributed by atoms with Gasteiger partial charge >= 0.3 is 5.97 Å². The summed E-state index contributed by atoms with van der Waals surface area (Å²) in [6, 6.07) is 0. The first-order chi connectivity index (χ1) is 7.22. The van der Waals surface area contributed by atoms with Crippen LogP contribution >= 0.6 is 11.6 Å². The number of hydrogen-bond acceptors (Lipinski definition) is 4. The Hall–Kier alpha value is -1.16. The third-order valence-corrected chi connectivity index (χ3v) is 2.55. The van der Waals surface area contributed by atoms with Gasteiger partial charge < -0.3 is 4.74 Å². The fourth-order valence-corrected chi connectivity index (χ4v) is 1.60. The molecule has 0 spiro atoms. The molecule has 1 heterocycles. The van der Waals surface area contributed by atoms with Gasteiger partial charge in [0.2, 0.25) is 0 Å². The maximum absolute atomic E-state index is 11.4. The first-order valence-electron chi connectivity index (χ1n) is 4.86. The van der Waals surface area contributed by atoms with E-state index in [-0.39, 0.29) is 17.8 Å². The molecule has 1 fully saturated rings. The Morgan fingerprint density at radius 1 is 1.60 bits per heavy atom. The molecular weight excluding hydrogens is 216 g/mol. The second-order valence-corrected chi connectivity index (χ2v) is 3.90. The standard InChI is InChI=1S/C10H11ClN2O2/c1-2-15-10(14)8-3-7(8)9-12-4-6(11)5-13-9/h4-5,7-8H,2-3H2,1H3/t7-,8-/m1/s1. The smallest absolute Gasteiger partial charge is 0.309 e. The van der Waals surface area contributed by atoms with Crippen molar-refractivity contribution in [2.75, 3.05) is 6.61 Å². The first-order valence-corrected chi connectivity index (χ1v) is 5.24. The molecule has 0 bridgehead atoms. The summed E-state index contributed by atoms with van der Waals surface area (Å²) in [6.45, 7) is 2.22. The maximum Gasteiger partial charge on any atom is 0.309 e. The third-order valence-electron chi connectivity index (χ3n) is 2.35. The van der Waals surface area contributed by atoms with Crippen LogP contribution < -0.4 is 0 Å². The van der Waals surface area contributed by atoms with E-state index in [1.165, 1.54) is 0 Å². The van der Waals surface area contributed by atoms with E-state index in [0.29, 0.717) is 17.5 Å². The molecule has 0 aromatic carbocycles. The second-order valence-electron chi connectivity index (χ2n) is 3.46. The Morgan fingerprint density at radius 3 is 2.87 bits per heavy atom. The number of carbonyl (C=O) groups is 1. The van der Waals surface area contributed by atoms with Crippen molar-refractivity contribution in [1.29, 1.82) is 0 Å². The molecule has 1 aromatic heterocycles. The zero-order chi connectivity index (χ0) is 10.8. The number of hydrogen-bond donors (Lipinski definition) is 0. The fraction of sp³-hybridized carbons (Fsp3) is 0.500. The number of halogens is 1. The van der Waals surface area contributed by atoms with Gasteiger partial charge in [0, 0.05) is 18.3 Å². The lowest BCUT2D eigenvalue weighted by Crippen LogP contribution is -2.08. The molecule has 0 amide bonds. The zero-order valence-corrected chi connectivity index (χ0v) is 9.07. The molecule has 0 N–H and O–H groups in total. The van der Waals surface area contributed by atoms with Crippen molar-refractivity contribution in [3.05, 3.63) is 23.2 Å². The summed E-state index contributed by atoms with van der Waals surface area (Å²) in [5.74, 6) is 0.575. The predicted molar refractivity (Wildman–Crippen MR) is 54.5 cm³/mol. The van der Waals surface area contributed by atoms with Crippen molar-refractivity contribution >= 4 is 17.6 Å². The van der Waals surface area contributed by atoms with Gasteiger partial charge in [-0.15, -0.1) is 0 Å². The lowest BCUT2D eigenvalue weighted by molar-refractivity contribution is -0.144. The number of aromatic nitrogens is 2. The average molecular weight is 227 g/mol. The van der Waals surface area contributed by atoms with E-state index in [1.807, 2.05) is 0 Å². The number of rotatable bonds is 3. The summed E-state index contributed by atoms with van der Waals surface area (Å²) < 4.78 is 4.92. The van der Waals surface area contributed by atoms with Crippen LogP contribution in [-0.2, 0) is 9.53 Å². The van der Waals surface area contributed by atoms with Gasteiger partial charge in [-0.25, -0.2) is 9.97 Å². The maximum atomic E-state index is 11.4. The molecule has 2 atom stereocenters. The molecule has 80 valence electrons. The van der Waals surface area contributed by atoms with Crippen LogP contribution in [0, 0.1) is 5.92 Å². The third kappa shape index (κ3) is 2.26. The van der Waals surface area contributed by atoms with Gasteiger partial charge in [0.15, 0.2) is 0 Å². The highest BCUT2D eigenvalue weighted by molar-refractivity contribution is 6.30. The van der Waals surface area contributed by atoms with Crippen molar-refractivity contribution in [3.63, 3.8) is 0 Å². The van der Waals surface area contributed by atoms with Crippen molar-refractivity contribution < 1.29 is 9.53 Å².